The SMILES string of the molecule is CC1(C2=CC=CCC2)CC(C(F)(F)F)=NN1c1ccc(S(N)(=O)=O)cc1. The summed E-state index contributed by atoms with van der Waals surface area (Å²) in [5, 5.41) is 10.2. The molecule has 1 aromatic carbocycles. The molecule has 26 heavy (non-hydrogen) atoms. The van der Waals surface area contributed by atoms with Gasteiger partial charge in [0.25, 0.3) is 0 Å². The molecule has 2 aliphatic rings. The van der Waals surface area contributed by atoms with Crippen molar-refractivity contribution >= 4 is 21.4 Å². The zero-order valence-corrected chi connectivity index (χ0v) is 14.8. The van der Waals surface area contributed by atoms with Crippen molar-refractivity contribution in [1.29, 1.82) is 0 Å². The van der Waals surface area contributed by atoms with Crippen LogP contribution in [-0.2, 0) is 10.0 Å². The van der Waals surface area contributed by atoms with Gasteiger partial charge in [0.05, 0.1) is 16.1 Å². The first-order valence-electron chi connectivity index (χ1n) is 7.96. The van der Waals surface area contributed by atoms with Gasteiger partial charge in [0.15, 0.2) is 0 Å². The predicted octanol–water partition coefficient (Wildman–Crippen LogP) is 3.50. The van der Waals surface area contributed by atoms with Crippen LogP contribution in [0.5, 0.6) is 0 Å². The van der Waals surface area contributed by atoms with Crippen LogP contribution in [0.15, 0.2) is 58.1 Å². The van der Waals surface area contributed by atoms with Gasteiger partial charge in [0.1, 0.15) is 5.71 Å². The minimum atomic E-state index is -4.53. The quantitative estimate of drug-likeness (QED) is 0.865. The molecule has 0 aromatic heterocycles. The Morgan fingerprint density at radius 1 is 1.23 bits per heavy atom. The van der Waals surface area contributed by atoms with Crippen LogP contribution < -0.4 is 10.1 Å². The van der Waals surface area contributed by atoms with Crippen molar-refractivity contribution in [1.82, 2.24) is 0 Å². The molecule has 1 aromatic rings. The van der Waals surface area contributed by atoms with Gasteiger partial charge in [0, 0.05) is 6.42 Å². The van der Waals surface area contributed by atoms with E-state index in [4.69, 9.17) is 5.14 Å². The first-order valence-corrected chi connectivity index (χ1v) is 9.50. The molecule has 2 N–H and O–H groups in total. The summed E-state index contributed by atoms with van der Waals surface area (Å²) in [4.78, 5) is -0.109. The lowest BCUT2D eigenvalue weighted by Gasteiger charge is -2.37. The number of benzene rings is 1. The maximum Gasteiger partial charge on any atom is 0.431 e. The molecule has 0 fully saturated rings. The Morgan fingerprint density at radius 2 is 1.88 bits per heavy atom. The molecular formula is C17H18F3N3O2S. The molecule has 5 nitrogen and oxygen atoms in total. The van der Waals surface area contributed by atoms with E-state index < -0.39 is 27.5 Å². The number of halogens is 3. The molecule has 0 radical (unpaired) electrons. The molecule has 140 valence electrons. The zero-order chi connectivity index (χ0) is 19.2. The molecule has 1 aliphatic heterocycles. The van der Waals surface area contributed by atoms with E-state index in [1.165, 1.54) is 29.3 Å². The van der Waals surface area contributed by atoms with Crippen molar-refractivity contribution in [3.05, 3.63) is 48.1 Å². The third-order valence-corrected chi connectivity index (χ3v) is 5.57. The highest BCUT2D eigenvalue weighted by molar-refractivity contribution is 7.89. The smallest absolute Gasteiger partial charge is 0.255 e. The summed E-state index contributed by atoms with van der Waals surface area (Å²) < 4.78 is 62.7. The Balaban J connectivity index is 2.06. The van der Waals surface area contributed by atoms with E-state index in [0.717, 1.165) is 12.0 Å². The van der Waals surface area contributed by atoms with Crippen molar-refractivity contribution in [3.63, 3.8) is 0 Å². The highest BCUT2D eigenvalue weighted by Crippen LogP contribution is 2.43. The maximum atomic E-state index is 13.3. The number of rotatable bonds is 3. The summed E-state index contributed by atoms with van der Waals surface area (Å²) in [5.41, 5.74) is -0.613. The second kappa shape index (κ2) is 6.24. The molecule has 1 heterocycles. The summed E-state index contributed by atoms with van der Waals surface area (Å²) in [6.45, 7) is 1.72. The molecule has 1 atom stereocenters. The summed E-state index contributed by atoms with van der Waals surface area (Å²) in [7, 11) is -3.88. The van der Waals surface area contributed by atoms with E-state index in [1.54, 1.807) is 6.92 Å². The number of sulfonamides is 1. The maximum absolute atomic E-state index is 13.3. The average molecular weight is 385 g/mol. The van der Waals surface area contributed by atoms with Crippen LogP contribution in [0.3, 0.4) is 0 Å². The lowest BCUT2D eigenvalue weighted by atomic mass is 9.82. The van der Waals surface area contributed by atoms with Gasteiger partial charge < -0.3 is 0 Å². The van der Waals surface area contributed by atoms with Gasteiger partial charge in [-0.05, 0) is 49.6 Å². The third-order valence-electron chi connectivity index (χ3n) is 4.64. The number of nitrogens with zero attached hydrogens (tertiary/aromatic N) is 2. The van der Waals surface area contributed by atoms with Crippen LogP contribution in [0, 0.1) is 0 Å². The number of hydrogen-bond donors (Lipinski definition) is 1. The number of hydrogen-bond acceptors (Lipinski definition) is 4. The highest BCUT2D eigenvalue weighted by atomic mass is 32.2. The van der Waals surface area contributed by atoms with Crippen LogP contribution >= 0.6 is 0 Å². The van der Waals surface area contributed by atoms with Crippen LogP contribution in [-0.4, -0.2) is 25.8 Å². The molecule has 3 rings (SSSR count). The van der Waals surface area contributed by atoms with Gasteiger partial charge in [0.2, 0.25) is 10.0 Å². The van der Waals surface area contributed by atoms with E-state index in [0.29, 0.717) is 12.1 Å². The molecule has 0 spiro atoms. The van der Waals surface area contributed by atoms with Gasteiger partial charge in [-0.3, -0.25) is 5.01 Å². The average Bonchev–Trinajstić information content (AvgIpc) is 2.94. The second-order valence-corrected chi connectivity index (χ2v) is 8.07. The number of nitrogens with two attached hydrogens (primary N) is 1. The summed E-state index contributed by atoms with van der Waals surface area (Å²) in [5.74, 6) is 0. The second-order valence-electron chi connectivity index (χ2n) is 6.50. The molecule has 1 unspecified atom stereocenters. The van der Waals surface area contributed by atoms with Crippen LogP contribution in [0.4, 0.5) is 18.9 Å². The number of allylic oxidation sites excluding steroid dienone is 3. The van der Waals surface area contributed by atoms with E-state index in [2.05, 4.69) is 5.10 Å². The minimum absolute atomic E-state index is 0.109. The highest BCUT2D eigenvalue weighted by Gasteiger charge is 2.50. The fourth-order valence-corrected chi connectivity index (χ4v) is 3.76. The Bertz CT molecular complexity index is 902. The normalized spacial score (nSPS) is 23.8. The van der Waals surface area contributed by atoms with Gasteiger partial charge in [-0.15, -0.1) is 0 Å². The third kappa shape index (κ3) is 3.41. The van der Waals surface area contributed by atoms with Crippen molar-refractivity contribution in [2.75, 3.05) is 5.01 Å². The van der Waals surface area contributed by atoms with E-state index in [-0.39, 0.29) is 11.3 Å². The Hall–Kier alpha value is -2.13. The van der Waals surface area contributed by atoms with Gasteiger partial charge in [-0.1, -0.05) is 18.2 Å². The van der Waals surface area contributed by atoms with Gasteiger partial charge in [-0.25, -0.2) is 13.6 Å². The lowest BCUT2D eigenvalue weighted by molar-refractivity contribution is -0.0602. The molecule has 0 saturated heterocycles. The first kappa shape index (κ1) is 18.7. The van der Waals surface area contributed by atoms with Crippen LogP contribution in [0.1, 0.15) is 26.2 Å². The lowest BCUT2D eigenvalue weighted by Crippen LogP contribution is -2.42. The monoisotopic (exact) mass is 385 g/mol. The molecule has 0 saturated carbocycles. The van der Waals surface area contributed by atoms with Crippen molar-refractivity contribution < 1.29 is 21.6 Å². The number of anilines is 1. The van der Waals surface area contributed by atoms with Crippen molar-refractivity contribution in [2.45, 2.75) is 42.8 Å². The summed E-state index contributed by atoms with van der Waals surface area (Å²) >= 11 is 0. The fourth-order valence-electron chi connectivity index (χ4n) is 3.24. The Kier molecular flexibility index (Phi) is 4.48. The summed E-state index contributed by atoms with van der Waals surface area (Å²) in [6.07, 6.45) is 2.20. The van der Waals surface area contributed by atoms with E-state index >= 15 is 0 Å². The van der Waals surface area contributed by atoms with E-state index in [1.807, 2.05) is 18.2 Å². The van der Waals surface area contributed by atoms with Crippen LogP contribution in [0.2, 0.25) is 0 Å². The Morgan fingerprint density at radius 3 is 2.38 bits per heavy atom. The largest absolute Gasteiger partial charge is 0.431 e. The number of alkyl halides is 3. The predicted molar refractivity (Wildman–Crippen MR) is 93.3 cm³/mol. The van der Waals surface area contributed by atoms with Crippen molar-refractivity contribution in [2.24, 2.45) is 10.2 Å². The van der Waals surface area contributed by atoms with Crippen molar-refractivity contribution in [3.8, 4) is 0 Å². The molecule has 9 heteroatoms. The number of hydrazone groups is 1. The molecule has 0 amide bonds. The fraction of sp³-hybridized carbons (Fsp3) is 0.353. The summed E-state index contributed by atoms with van der Waals surface area (Å²) in [6, 6.07) is 5.36. The first-order chi connectivity index (χ1) is 12.0. The van der Waals surface area contributed by atoms with Gasteiger partial charge >= 0.3 is 6.18 Å². The molecule has 0 bridgehead atoms. The standard InChI is InChI=1S/C17H18F3N3O2S/c1-16(12-5-3-2-4-6-12)11-15(17(18,19)20)22-23(16)13-7-9-14(10-8-13)26(21,24)25/h2-3,5,7-10H,4,6,11H2,1H3,(H2,21,24,25). The van der Waals surface area contributed by atoms with Crippen LogP contribution in [0.25, 0.3) is 0 Å². The topological polar surface area (TPSA) is 75.8 Å². The number of primary sulfonamides is 1. The molecular weight excluding hydrogens is 367 g/mol. The van der Waals surface area contributed by atoms with E-state index in [9.17, 15) is 21.6 Å². The van der Waals surface area contributed by atoms with Gasteiger partial charge in [-0.2, -0.15) is 18.3 Å². The Labute approximate surface area is 149 Å². The minimum Gasteiger partial charge on any atom is -0.255 e. The zero-order valence-electron chi connectivity index (χ0n) is 14.0. The molecule has 1 aliphatic carbocycles.